The Labute approximate surface area is 97.8 Å². The largest absolute Gasteiger partial charge is 0.513 e. The van der Waals surface area contributed by atoms with Gasteiger partial charge in [0.1, 0.15) is 0 Å². The van der Waals surface area contributed by atoms with Gasteiger partial charge in [0, 0.05) is 6.42 Å². The Balaban J connectivity index is 1.87. The lowest BCUT2D eigenvalue weighted by Crippen LogP contribution is -1.98. The summed E-state index contributed by atoms with van der Waals surface area (Å²) in [5, 5.41) is 9.62. The minimum absolute atomic E-state index is 0.572. The molecule has 0 aliphatic heterocycles. The lowest BCUT2D eigenvalue weighted by Gasteiger charge is -2.10. The van der Waals surface area contributed by atoms with E-state index in [1.807, 2.05) is 0 Å². The standard InChI is InChI=1S/C15H20O/c16-15-9-5-4-8-14(12-15)11-10-13-6-2-1-3-7-13/h1-3,6-7,12,14,16H,4-5,8-11H2. The molecule has 86 valence electrons. The summed E-state index contributed by atoms with van der Waals surface area (Å²) in [5.74, 6) is 1.18. The van der Waals surface area contributed by atoms with E-state index in [0.717, 1.165) is 25.7 Å². The average molecular weight is 216 g/mol. The van der Waals surface area contributed by atoms with Crippen LogP contribution in [0.2, 0.25) is 0 Å². The Morgan fingerprint density at radius 3 is 2.75 bits per heavy atom. The summed E-state index contributed by atoms with van der Waals surface area (Å²) in [4.78, 5) is 0. The van der Waals surface area contributed by atoms with Gasteiger partial charge in [-0.05, 0) is 43.2 Å². The van der Waals surface area contributed by atoms with Gasteiger partial charge in [-0.3, -0.25) is 0 Å². The molecule has 1 unspecified atom stereocenters. The van der Waals surface area contributed by atoms with E-state index in [1.54, 1.807) is 0 Å². The smallest absolute Gasteiger partial charge is 0.0885 e. The van der Waals surface area contributed by atoms with Gasteiger partial charge in [-0.25, -0.2) is 0 Å². The van der Waals surface area contributed by atoms with E-state index < -0.39 is 0 Å². The number of hydrogen-bond donors (Lipinski definition) is 1. The van der Waals surface area contributed by atoms with Crippen LogP contribution in [0.1, 0.15) is 37.7 Å². The summed E-state index contributed by atoms with van der Waals surface area (Å²) in [6, 6.07) is 10.6. The monoisotopic (exact) mass is 216 g/mol. The van der Waals surface area contributed by atoms with E-state index >= 15 is 0 Å². The van der Waals surface area contributed by atoms with Gasteiger partial charge in [-0.15, -0.1) is 0 Å². The predicted octanol–water partition coefficient (Wildman–Crippen LogP) is 4.25. The molecule has 0 saturated heterocycles. The van der Waals surface area contributed by atoms with Gasteiger partial charge in [-0.1, -0.05) is 36.8 Å². The Morgan fingerprint density at radius 2 is 1.94 bits per heavy atom. The molecule has 16 heavy (non-hydrogen) atoms. The molecule has 0 heterocycles. The predicted molar refractivity (Wildman–Crippen MR) is 67.4 cm³/mol. The number of rotatable bonds is 3. The second-order valence-corrected chi connectivity index (χ2v) is 4.69. The molecule has 0 bridgehead atoms. The molecular weight excluding hydrogens is 196 g/mol. The van der Waals surface area contributed by atoms with Gasteiger partial charge in [-0.2, -0.15) is 0 Å². The molecule has 1 heteroatoms. The molecule has 1 aromatic rings. The molecule has 1 aromatic carbocycles. The molecule has 1 nitrogen and oxygen atoms in total. The second-order valence-electron chi connectivity index (χ2n) is 4.69. The molecule has 0 aromatic heterocycles. The molecule has 0 spiro atoms. The number of hydrogen-bond acceptors (Lipinski definition) is 1. The molecule has 0 amide bonds. The number of aliphatic hydroxyl groups is 1. The summed E-state index contributed by atoms with van der Waals surface area (Å²) in [6.07, 6.45) is 8.86. The van der Waals surface area contributed by atoms with E-state index in [4.69, 9.17) is 0 Å². The van der Waals surface area contributed by atoms with Gasteiger partial charge >= 0.3 is 0 Å². The highest BCUT2D eigenvalue weighted by molar-refractivity contribution is 5.15. The first-order chi connectivity index (χ1) is 7.84. The van der Waals surface area contributed by atoms with Gasteiger partial charge in [0.15, 0.2) is 0 Å². The fourth-order valence-electron chi connectivity index (χ4n) is 2.38. The van der Waals surface area contributed by atoms with Crippen molar-refractivity contribution in [3.05, 3.63) is 47.7 Å². The number of aryl methyl sites for hydroxylation is 1. The topological polar surface area (TPSA) is 20.2 Å². The molecule has 1 N–H and O–H groups in total. The third kappa shape index (κ3) is 3.41. The van der Waals surface area contributed by atoms with Crippen molar-refractivity contribution in [1.82, 2.24) is 0 Å². The number of aliphatic hydroxyl groups excluding tert-OH is 1. The summed E-state index contributed by atoms with van der Waals surface area (Å²) < 4.78 is 0. The van der Waals surface area contributed by atoms with E-state index in [0.29, 0.717) is 11.7 Å². The molecule has 0 saturated carbocycles. The van der Waals surface area contributed by atoms with Crippen LogP contribution in [0.25, 0.3) is 0 Å². The lowest BCUT2D eigenvalue weighted by molar-refractivity contribution is 0.383. The zero-order valence-electron chi connectivity index (χ0n) is 9.73. The first kappa shape index (κ1) is 11.3. The van der Waals surface area contributed by atoms with Crippen molar-refractivity contribution in [3.8, 4) is 0 Å². The third-order valence-electron chi connectivity index (χ3n) is 3.33. The maximum absolute atomic E-state index is 9.62. The van der Waals surface area contributed by atoms with E-state index in [-0.39, 0.29) is 0 Å². The van der Waals surface area contributed by atoms with Crippen molar-refractivity contribution in [2.45, 2.75) is 38.5 Å². The average Bonchev–Trinajstić information content (AvgIpc) is 2.52. The fraction of sp³-hybridized carbons (Fsp3) is 0.467. The molecule has 1 aliphatic rings. The normalized spacial score (nSPS) is 21.2. The van der Waals surface area contributed by atoms with Crippen LogP contribution >= 0.6 is 0 Å². The molecular formula is C15H20O. The van der Waals surface area contributed by atoms with Gasteiger partial charge in [0.25, 0.3) is 0 Å². The highest BCUT2D eigenvalue weighted by Crippen LogP contribution is 2.24. The van der Waals surface area contributed by atoms with Crippen molar-refractivity contribution in [2.24, 2.45) is 5.92 Å². The summed E-state index contributed by atoms with van der Waals surface area (Å²) >= 11 is 0. The van der Waals surface area contributed by atoms with Crippen LogP contribution in [-0.2, 0) is 6.42 Å². The van der Waals surface area contributed by atoms with Crippen molar-refractivity contribution < 1.29 is 5.11 Å². The molecule has 1 aliphatic carbocycles. The Bertz CT molecular complexity index is 340. The summed E-state index contributed by atoms with van der Waals surface area (Å²) in [5.41, 5.74) is 1.40. The Morgan fingerprint density at radius 1 is 1.12 bits per heavy atom. The minimum Gasteiger partial charge on any atom is -0.513 e. The van der Waals surface area contributed by atoms with Crippen LogP contribution in [0, 0.1) is 5.92 Å². The van der Waals surface area contributed by atoms with Crippen molar-refractivity contribution in [1.29, 1.82) is 0 Å². The van der Waals surface area contributed by atoms with Gasteiger partial charge in [0.05, 0.1) is 5.76 Å². The number of benzene rings is 1. The third-order valence-corrected chi connectivity index (χ3v) is 3.33. The zero-order chi connectivity index (χ0) is 11.2. The molecule has 2 rings (SSSR count). The minimum atomic E-state index is 0.572. The Hall–Kier alpha value is -1.24. The van der Waals surface area contributed by atoms with Crippen molar-refractivity contribution >= 4 is 0 Å². The van der Waals surface area contributed by atoms with Crippen LogP contribution in [0.15, 0.2) is 42.2 Å². The first-order valence-electron chi connectivity index (χ1n) is 6.28. The zero-order valence-corrected chi connectivity index (χ0v) is 9.73. The Kier molecular flexibility index (Phi) is 4.03. The van der Waals surface area contributed by atoms with Crippen LogP contribution in [0.4, 0.5) is 0 Å². The van der Waals surface area contributed by atoms with Gasteiger partial charge in [0.2, 0.25) is 0 Å². The fourth-order valence-corrected chi connectivity index (χ4v) is 2.38. The number of allylic oxidation sites excluding steroid dienone is 2. The van der Waals surface area contributed by atoms with E-state index in [2.05, 4.69) is 36.4 Å². The van der Waals surface area contributed by atoms with Crippen LogP contribution in [-0.4, -0.2) is 5.11 Å². The van der Waals surface area contributed by atoms with Crippen LogP contribution in [0.3, 0.4) is 0 Å². The second kappa shape index (κ2) is 5.74. The van der Waals surface area contributed by atoms with Crippen molar-refractivity contribution in [2.75, 3.05) is 0 Å². The van der Waals surface area contributed by atoms with E-state index in [9.17, 15) is 5.11 Å². The maximum atomic E-state index is 9.62. The SMILES string of the molecule is OC1=CC(CCc2ccccc2)CCCC1. The first-order valence-corrected chi connectivity index (χ1v) is 6.28. The lowest BCUT2D eigenvalue weighted by atomic mass is 9.95. The van der Waals surface area contributed by atoms with E-state index in [1.165, 1.54) is 18.4 Å². The maximum Gasteiger partial charge on any atom is 0.0885 e. The quantitative estimate of drug-likeness (QED) is 0.800. The summed E-state index contributed by atoms with van der Waals surface area (Å²) in [6.45, 7) is 0. The highest BCUT2D eigenvalue weighted by Gasteiger charge is 2.11. The van der Waals surface area contributed by atoms with Crippen LogP contribution in [0.5, 0.6) is 0 Å². The van der Waals surface area contributed by atoms with Gasteiger partial charge < -0.3 is 5.11 Å². The molecule has 0 radical (unpaired) electrons. The highest BCUT2D eigenvalue weighted by atomic mass is 16.3. The van der Waals surface area contributed by atoms with Crippen LogP contribution < -0.4 is 0 Å². The molecule has 1 atom stereocenters. The molecule has 0 fully saturated rings. The van der Waals surface area contributed by atoms with Crippen molar-refractivity contribution in [3.63, 3.8) is 0 Å². The summed E-state index contributed by atoms with van der Waals surface area (Å²) in [7, 11) is 0.